The van der Waals surface area contributed by atoms with Crippen LogP contribution in [0.3, 0.4) is 0 Å². The van der Waals surface area contributed by atoms with Crippen LogP contribution in [0.2, 0.25) is 5.02 Å². The molecule has 2 heterocycles. The Bertz CT molecular complexity index is 1180. The number of nitrogens with zero attached hydrogens (tertiary/aromatic N) is 5. The van der Waals surface area contributed by atoms with E-state index in [1.54, 1.807) is 18.2 Å². The molecule has 1 N–H and O–H groups in total. The molecule has 1 aliphatic heterocycles. The molecule has 1 aliphatic rings. The van der Waals surface area contributed by atoms with Gasteiger partial charge in [0.25, 0.3) is 10.9 Å². The number of amides is 1. The van der Waals surface area contributed by atoms with Gasteiger partial charge in [0.15, 0.2) is 0 Å². The Balaban J connectivity index is 1.38. The van der Waals surface area contributed by atoms with Gasteiger partial charge in [0, 0.05) is 48.9 Å². The number of benzene rings is 2. The number of nitrogens with one attached hydrogen (secondary N) is 1. The molecule has 3 aromatic rings. The number of aromatic nitrogens is 2. The Morgan fingerprint density at radius 2 is 2.00 bits per heavy atom. The molecular weight excluding hydrogens is 480 g/mol. The van der Waals surface area contributed by atoms with Crippen LogP contribution in [0.4, 0.5) is 17.1 Å². The van der Waals surface area contributed by atoms with E-state index in [9.17, 15) is 14.9 Å². The lowest BCUT2D eigenvalue weighted by Crippen LogP contribution is -2.46. The van der Waals surface area contributed by atoms with Gasteiger partial charge in [-0.2, -0.15) is 0 Å². The number of anilines is 2. The zero-order valence-electron chi connectivity index (χ0n) is 18.4. The Hall–Kier alpha value is -3.15. The Morgan fingerprint density at radius 3 is 2.74 bits per heavy atom. The highest BCUT2D eigenvalue weighted by atomic mass is 35.5. The maximum absolute atomic E-state index is 12.7. The second kappa shape index (κ2) is 10.9. The summed E-state index contributed by atoms with van der Waals surface area (Å²) in [6.45, 7) is 6.84. The van der Waals surface area contributed by atoms with Crippen LogP contribution in [-0.2, 0) is 4.79 Å². The van der Waals surface area contributed by atoms with E-state index in [0.29, 0.717) is 16.3 Å². The minimum absolute atomic E-state index is 0.0478. The molecule has 0 atom stereocenters. The van der Waals surface area contributed by atoms with Crippen molar-refractivity contribution in [3.63, 3.8) is 0 Å². The van der Waals surface area contributed by atoms with Crippen molar-refractivity contribution < 1.29 is 14.1 Å². The molecule has 0 bridgehead atoms. The normalized spacial score (nSPS) is 14.2. The summed E-state index contributed by atoms with van der Waals surface area (Å²) >= 11 is 7.27. The van der Waals surface area contributed by atoms with Crippen molar-refractivity contribution in [2.24, 2.45) is 0 Å². The third kappa shape index (κ3) is 5.85. The summed E-state index contributed by atoms with van der Waals surface area (Å²) < 4.78 is 5.57. The first kappa shape index (κ1) is 24.0. The third-order valence-electron chi connectivity index (χ3n) is 5.43. The van der Waals surface area contributed by atoms with Gasteiger partial charge in [-0.05, 0) is 30.8 Å². The molecule has 1 saturated heterocycles. The Kier molecular flexibility index (Phi) is 7.66. The number of hydrogen-bond acceptors (Lipinski definition) is 9. The quantitative estimate of drug-likeness (QED) is 0.275. The number of nitro groups is 1. The predicted octanol–water partition coefficient (Wildman–Crippen LogP) is 4.17. The highest BCUT2D eigenvalue weighted by Crippen LogP contribution is 2.31. The number of rotatable bonds is 8. The van der Waals surface area contributed by atoms with Gasteiger partial charge in [-0.3, -0.25) is 14.9 Å². The molecule has 0 radical (unpaired) electrons. The highest BCUT2D eigenvalue weighted by molar-refractivity contribution is 7.99. The summed E-state index contributed by atoms with van der Waals surface area (Å²) in [5.41, 5.74) is 1.96. The van der Waals surface area contributed by atoms with Gasteiger partial charge < -0.3 is 19.5 Å². The number of carbonyl (C=O) groups excluding carboxylic acids is 1. The minimum Gasteiger partial charge on any atom is -0.411 e. The molecule has 12 heteroatoms. The number of nitro benzene ring substituents is 1. The van der Waals surface area contributed by atoms with Crippen molar-refractivity contribution in [2.75, 3.05) is 48.7 Å². The van der Waals surface area contributed by atoms with Crippen LogP contribution < -0.4 is 10.2 Å². The van der Waals surface area contributed by atoms with Crippen LogP contribution in [-0.4, -0.2) is 64.4 Å². The average Bonchev–Trinajstić information content (AvgIpc) is 3.32. The SMILES string of the molecule is CCN1CCN(c2ccc(Cl)cc2NC(=O)CSc2nnc(-c3cccc([N+](=O)[O-])c3)o2)CC1. The van der Waals surface area contributed by atoms with Gasteiger partial charge in [-0.15, -0.1) is 10.2 Å². The number of non-ortho nitro benzene ring substituents is 1. The van der Waals surface area contributed by atoms with Crippen molar-refractivity contribution in [3.8, 4) is 11.5 Å². The zero-order chi connectivity index (χ0) is 24.1. The fourth-order valence-electron chi connectivity index (χ4n) is 3.64. The molecule has 2 aromatic carbocycles. The third-order valence-corrected chi connectivity index (χ3v) is 6.48. The van der Waals surface area contributed by atoms with Gasteiger partial charge >= 0.3 is 0 Å². The van der Waals surface area contributed by atoms with E-state index in [1.165, 1.54) is 12.1 Å². The molecule has 0 unspecified atom stereocenters. The monoisotopic (exact) mass is 502 g/mol. The lowest BCUT2D eigenvalue weighted by Gasteiger charge is -2.36. The van der Waals surface area contributed by atoms with Gasteiger partial charge in [0.1, 0.15) is 0 Å². The van der Waals surface area contributed by atoms with Gasteiger partial charge in [0.2, 0.25) is 11.8 Å². The number of hydrogen-bond donors (Lipinski definition) is 1. The van der Waals surface area contributed by atoms with E-state index in [2.05, 4.69) is 32.2 Å². The number of carbonyl (C=O) groups is 1. The molecule has 0 aliphatic carbocycles. The molecule has 10 nitrogen and oxygen atoms in total. The summed E-state index contributed by atoms with van der Waals surface area (Å²) in [5.74, 6) is -0.0441. The maximum atomic E-state index is 12.7. The molecule has 178 valence electrons. The predicted molar refractivity (Wildman–Crippen MR) is 132 cm³/mol. The van der Waals surface area contributed by atoms with Gasteiger partial charge in [-0.1, -0.05) is 36.4 Å². The number of halogens is 1. The van der Waals surface area contributed by atoms with Crippen LogP contribution in [0, 0.1) is 10.1 Å². The fourth-order valence-corrected chi connectivity index (χ4v) is 4.38. The fraction of sp³-hybridized carbons (Fsp3) is 0.318. The van der Waals surface area contributed by atoms with E-state index < -0.39 is 4.92 Å². The second-order valence-corrected chi connectivity index (χ2v) is 8.96. The first-order valence-corrected chi connectivity index (χ1v) is 12.1. The van der Waals surface area contributed by atoms with Gasteiger partial charge in [0.05, 0.1) is 22.1 Å². The van der Waals surface area contributed by atoms with Crippen LogP contribution in [0.1, 0.15) is 6.92 Å². The van der Waals surface area contributed by atoms with E-state index in [4.69, 9.17) is 16.0 Å². The molecule has 4 rings (SSSR count). The smallest absolute Gasteiger partial charge is 0.277 e. The number of likely N-dealkylation sites (N-methyl/N-ethyl adjacent to an activating group) is 1. The lowest BCUT2D eigenvalue weighted by molar-refractivity contribution is -0.384. The van der Waals surface area contributed by atoms with Crippen molar-refractivity contribution in [3.05, 3.63) is 57.6 Å². The number of thioether (sulfide) groups is 1. The minimum atomic E-state index is -0.492. The molecular formula is C22H23ClN6O4S. The molecule has 1 amide bonds. The lowest BCUT2D eigenvalue weighted by atomic mass is 10.2. The Morgan fingerprint density at radius 1 is 1.21 bits per heavy atom. The Labute approximate surface area is 205 Å². The molecule has 1 aromatic heterocycles. The van der Waals surface area contributed by atoms with Crippen LogP contribution in [0.25, 0.3) is 11.5 Å². The van der Waals surface area contributed by atoms with Crippen molar-refractivity contribution >= 4 is 46.3 Å². The van der Waals surface area contributed by atoms with Crippen LogP contribution in [0.15, 0.2) is 52.1 Å². The number of piperazine rings is 1. The summed E-state index contributed by atoms with van der Waals surface area (Å²) in [5, 5.41) is 22.5. The first-order valence-electron chi connectivity index (χ1n) is 10.7. The topological polar surface area (TPSA) is 118 Å². The molecule has 1 fully saturated rings. The summed E-state index contributed by atoms with van der Waals surface area (Å²) in [6.07, 6.45) is 0. The summed E-state index contributed by atoms with van der Waals surface area (Å²) in [7, 11) is 0. The van der Waals surface area contributed by atoms with E-state index in [0.717, 1.165) is 50.2 Å². The summed E-state index contributed by atoms with van der Waals surface area (Å²) in [6, 6.07) is 11.4. The second-order valence-electron chi connectivity index (χ2n) is 7.60. The molecule has 0 spiro atoms. The molecule has 0 saturated carbocycles. The van der Waals surface area contributed by atoms with E-state index in [1.807, 2.05) is 12.1 Å². The van der Waals surface area contributed by atoms with Crippen LogP contribution >= 0.6 is 23.4 Å². The van der Waals surface area contributed by atoms with Crippen molar-refractivity contribution in [2.45, 2.75) is 12.1 Å². The zero-order valence-corrected chi connectivity index (χ0v) is 20.0. The highest BCUT2D eigenvalue weighted by Gasteiger charge is 2.20. The average molecular weight is 503 g/mol. The summed E-state index contributed by atoms with van der Waals surface area (Å²) in [4.78, 5) is 27.8. The largest absolute Gasteiger partial charge is 0.411 e. The van der Waals surface area contributed by atoms with Crippen molar-refractivity contribution in [1.82, 2.24) is 15.1 Å². The first-order chi connectivity index (χ1) is 16.4. The van der Waals surface area contributed by atoms with E-state index in [-0.39, 0.29) is 28.5 Å². The standard InChI is InChI=1S/C22H23ClN6O4S/c1-2-27-8-10-28(11-9-27)19-7-6-16(23)13-18(19)24-20(30)14-34-22-26-25-21(33-22)15-4-3-5-17(12-15)29(31)32/h3-7,12-13H,2,8-11,14H2,1H3,(H,24,30). The van der Waals surface area contributed by atoms with Crippen molar-refractivity contribution in [1.29, 1.82) is 0 Å². The van der Waals surface area contributed by atoms with Crippen LogP contribution in [0.5, 0.6) is 0 Å². The van der Waals surface area contributed by atoms with Gasteiger partial charge in [-0.25, -0.2) is 0 Å². The molecule has 34 heavy (non-hydrogen) atoms. The van der Waals surface area contributed by atoms with E-state index >= 15 is 0 Å². The maximum Gasteiger partial charge on any atom is 0.277 e.